The third-order valence-electron chi connectivity index (χ3n) is 2.37. The minimum atomic E-state index is -0.365. The molecule has 90 valence electrons. The lowest BCUT2D eigenvalue weighted by atomic mass is 10.00. The zero-order chi connectivity index (χ0) is 11.4. The van der Waals surface area contributed by atoms with Gasteiger partial charge in [0.25, 0.3) is 0 Å². The maximum atomic E-state index is 13.7. The highest BCUT2D eigenvalue weighted by atomic mass is 35.5. The van der Waals surface area contributed by atoms with Crippen molar-refractivity contribution in [1.82, 2.24) is 0 Å². The molecule has 0 radical (unpaired) electrons. The van der Waals surface area contributed by atoms with E-state index < -0.39 is 0 Å². The molecule has 2 N–H and O–H groups in total. The van der Waals surface area contributed by atoms with E-state index in [1.807, 2.05) is 0 Å². The van der Waals surface area contributed by atoms with Gasteiger partial charge >= 0.3 is 0 Å². The first-order chi connectivity index (χ1) is 7.07. The molecule has 0 spiro atoms. The second kappa shape index (κ2) is 6.89. The lowest BCUT2D eigenvalue weighted by Crippen LogP contribution is -2.13. The largest absolute Gasteiger partial charge is 0.324 e. The van der Waals surface area contributed by atoms with Crippen molar-refractivity contribution < 1.29 is 4.39 Å². The number of aryl methyl sites for hydroxylation is 1. The average Bonchev–Trinajstić information content (AvgIpc) is 2.21. The first kappa shape index (κ1) is 15.4. The fraction of sp³-hybridized carbons (Fsp3) is 0.333. The van der Waals surface area contributed by atoms with Gasteiger partial charge in [0.15, 0.2) is 0 Å². The van der Waals surface area contributed by atoms with E-state index in [0.717, 1.165) is 6.42 Å². The molecule has 0 unspecified atom stereocenters. The van der Waals surface area contributed by atoms with Crippen molar-refractivity contribution in [3.8, 4) is 0 Å². The molecule has 1 aromatic rings. The Balaban J connectivity index is 0.00000225. The van der Waals surface area contributed by atoms with E-state index in [2.05, 4.69) is 6.58 Å². The lowest BCUT2D eigenvalue weighted by Gasteiger charge is -2.15. The van der Waals surface area contributed by atoms with Crippen molar-refractivity contribution >= 4 is 24.0 Å². The van der Waals surface area contributed by atoms with E-state index in [9.17, 15) is 4.39 Å². The number of nitrogens with two attached hydrogens (primary N) is 1. The van der Waals surface area contributed by atoms with Crippen molar-refractivity contribution in [3.05, 3.63) is 46.8 Å². The van der Waals surface area contributed by atoms with E-state index in [0.29, 0.717) is 22.6 Å². The molecule has 1 atom stereocenters. The normalized spacial score (nSPS) is 11.8. The van der Waals surface area contributed by atoms with Crippen LogP contribution in [0.1, 0.15) is 30.0 Å². The molecule has 1 rings (SSSR count). The van der Waals surface area contributed by atoms with Crippen molar-refractivity contribution in [1.29, 1.82) is 0 Å². The van der Waals surface area contributed by atoms with Crippen LogP contribution in [0.3, 0.4) is 0 Å². The molecule has 0 aromatic heterocycles. The Bertz CT molecular complexity index is 366. The average molecular weight is 264 g/mol. The van der Waals surface area contributed by atoms with Crippen molar-refractivity contribution in [2.75, 3.05) is 0 Å². The van der Waals surface area contributed by atoms with E-state index in [-0.39, 0.29) is 24.3 Å². The first-order valence-corrected chi connectivity index (χ1v) is 5.26. The summed E-state index contributed by atoms with van der Waals surface area (Å²) < 4.78 is 13.7. The molecule has 0 aliphatic rings. The Morgan fingerprint density at radius 1 is 1.56 bits per heavy atom. The Kier molecular flexibility index (Phi) is 6.65. The molecule has 1 aromatic carbocycles. The van der Waals surface area contributed by atoms with Gasteiger partial charge in [0, 0.05) is 16.6 Å². The second-order valence-electron chi connectivity index (χ2n) is 3.56. The highest BCUT2D eigenvalue weighted by Crippen LogP contribution is 2.28. The minimum absolute atomic E-state index is 0. The van der Waals surface area contributed by atoms with Crippen molar-refractivity contribution in [2.45, 2.75) is 25.8 Å². The van der Waals surface area contributed by atoms with Crippen LogP contribution in [-0.4, -0.2) is 0 Å². The fourth-order valence-electron chi connectivity index (χ4n) is 1.46. The Morgan fingerprint density at radius 2 is 2.19 bits per heavy atom. The van der Waals surface area contributed by atoms with Crippen LogP contribution in [0.5, 0.6) is 0 Å². The molecular formula is C12H16Cl2FN. The van der Waals surface area contributed by atoms with Crippen LogP contribution in [0.25, 0.3) is 0 Å². The maximum absolute atomic E-state index is 13.7. The summed E-state index contributed by atoms with van der Waals surface area (Å²) in [4.78, 5) is 0. The van der Waals surface area contributed by atoms with Gasteiger partial charge in [-0.15, -0.1) is 19.0 Å². The van der Waals surface area contributed by atoms with Crippen LogP contribution in [0, 0.1) is 12.7 Å². The zero-order valence-electron chi connectivity index (χ0n) is 9.17. The molecule has 0 heterocycles. The van der Waals surface area contributed by atoms with Gasteiger partial charge in [-0.2, -0.15) is 0 Å². The molecule has 4 heteroatoms. The number of benzene rings is 1. The molecule has 0 bridgehead atoms. The molecule has 0 aliphatic carbocycles. The molecule has 0 aliphatic heterocycles. The van der Waals surface area contributed by atoms with Crippen LogP contribution in [0.2, 0.25) is 5.02 Å². The quantitative estimate of drug-likeness (QED) is 0.811. The van der Waals surface area contributed by atoms with E-state index >= 15 is 0 Å². The van der Waals surface area contributed by atoms with Crippen LogP contribution in [-0.2, 0) is 0 Å². The molecule has 0 amide bonds. The summed E-state index contributed by atoms with van der Waals surface area (Å²) in [5.74, 6) is -0.293. The molecule has 1 nitrogen and oxygen atoms in total. The predicted molar refractivity (Wildman–Crippen MR) is 69.8 cm³/mol. The van der Waals surface area contributed by atoms with Gasteiger partial charge in [0.1, 0.15) is 5.82 Å². The van der Waals surface area contributed by atoms with E-state index in [1.54, 1.807) is 25.1 Å². The monoisotopic (exact) mass is 263 g/mol. The SMILES string of the molecule is C=CCC[C@H](N)c1c(Cl)ccc(C)c1F.Cl. The van der Waals surface area contributed by atoms with Crippen LogP contribution >= 0.6 is 24.0 Å². The van der Waals surface area contributed by atoms with E-state index in [4.69, 9.17) is 17.3 Å². The van der Waals surface area contributed by atoms with Crippen LogP contribution in [0.15, 0.2) is 24.8 Å². The van der Waals surface area contributed by atoms with Gasteiger partial charge in [-0.05, 0) is 31.4 Å². The van der Waals surface area contributed by atoms with Crippen LogP contribution in [0.4, 0.5) is 4.39 Å². The lowest BCUT2D eigenvalue weighted by molar-refractivity contribution is 0.560. The summed E-state index contributed by atoms with van der Waals surface area (Å²) in [5, 5.41) is 0.398. The molecular weight excluding hydrogens is 248 g/mol. The van der Waals surface area contributed by atoms with Gasteiger partial charge in [-0.1, -0.05) is 23.7 Å². The van der Waals surface area contributed by atoms with Crippen molar-refractivity contribution in [2.24, 2.45) is 5.73 Å². The summed E-state index contributed by atoms with van der Waals surface area (Å²) in [6.07, 6.45) is 3.18. The number of hydrogen-bond donors (Lipinski definition) is 1. The third-order valence-corrected chi connectivity index (χ3v) is 2.70. The van der Waals surface area contributed by atoms with Gasteiger partial charge in [-0.3, -0.25) is 0 Å². The second-order valence-corrected chi connectivity index (χ2v) is 3.97. The van der Waals surface area contributed by atoms with Gasteiger partial charge in [0.05, 0.1) is 0 Å². The number of rotatable bonds is 4. The number of allylic oxidation sites excluding steroid dienone is 1. The van der Waals surface area contributed by atoms with Gasteiger partial charge in [-0.25, -0.2) is 4.39 Å². The summed E-state index contributed by atoms with van der Waals surface area (Å²) >= 11 is 5.93. The standard InChI is InChI=1S/C12H15ClFN.ClH/c1-3-4-5-10(15)11-9(13)7-6-8(2)12(11)14;/h3,6-7,10H,1,4-5,15H2,2H3;1H/t10-;/m0./s1. The summed E-state index contributed by atoms with van der Waals surface area (Å²) in [6.45, 7) is 5.31. The Labute approximate surface area is 107 Å². The van der Waals surface area contributed by atoms with Gasteiger partial charge < -0.3 is 5.73 Å². The highest BCUT2D eigenvalue weighted by molar-refractivity contribution is 6.31. The van der Waals surface area contributed by atoms with Gasteiger partial charge in [0.2, 0.25) is 0 Å². The smallest absolute Gasteiger partial charge is 0.132 e. The van der Waals surface area contributed by atoms with Crippen molar-refractivity contribution in [3.63, 3.8) is 0 Å². The minimum Gasteiger partial charge on any atom is -0.324 e. The molecule has 0 saturated carbocycles. The Morgan fingerprint density at radius 3 is 2.75 bits per heavy atom. The van der Waals surface area contributed by atoms with Crippen LogP contribution < -0.4 is 5.73 Å². The summed E-state index contributed by atoms with van der Waals surface area (Å²) in [6, 6.07) is 2.97. The summed E-state index contributed by atoms with van der Waals surface area (Å²) in [5.41, 5.74) is 6.87. The molecule has 0 fully saturated rings. The summed E-state index contributed by atoms with van der Waals surface area (Å²) in [7, 11) is 0. The maximum Gasteiger partial charge on any atom is 0.132 e. The predicted octanol–water partition coefficient (Wildman–Crippen LogP) is 4.18. The Hall–Kier alpha value is -0.570. The van der Waals surface area contributed by atoms with E-state index in [1.165, 1.54) is 0 Å². The number of hydrogen-bond acceptors (Lipinski definition) is 1. The topological polar surface area (TPSA) is 26.0 Å². The zero-order valence-corrected chi connectivity index (χ0v) is 10.7. The molecule has 0 saturated heterocycles. The highest BCUT2D eigenvalue weighted by Gasteiger charge is 2.16. The first-order valence-electron chi connectivity index (χ1n) is 4.89. The molecule has 16 heavy (non-hydrogen) atoms. The fourth-order valence-corrected chi connectivity index (χ4v) is 1.75. The third kappa shape index (κ3) is 3.48. The number of halogens is 3.